The van der Waals surface area contributed by atoms with E-state index in [4.69, 9.17) is 0 Å². The molecule has 3 aromatic rings. The predicted molar refractivity (Wildman–Crippen MR) is 97.1 cm³/mol. The molecule has 2 atom stereocenters. The Morgan fingerprint density at radius 1 is 1.22 bits per heavy atom. The lowest BCUT2D eigenvalue weighted by Crippen LogP contribution is -2.11. The van der Waals surface area contributed by atoms with E-state index < -0.39 is 0 Å². The number of rotatable bonds is 3. The van der Waals surface area contributed by atoms with Crippen LogP contribution >= 0.6 is 11.3 Å². The van der Waals surface area contributed by atoms with Gasteiger partial charge in [-0.25, -0.2) is 9.97 Å². The third-order valence-electron chi connectivity index (χ3n) is 4.74. The molecule has 2 heterocycles. The fourth-order valence-corrected chi connectivity index (χ4v) is 4.77. The van der Waals surface area contributed by atoms with Gasteiger partial charge in [0.15, 0.2) is 0 Å². The lowest BCUT2D eigenvalue weighted by molar-refractivity contribution is 0.509. The summed E-state index contributed by atoms with van der Waals surface area (Å²) in [6.45, 7) is 4.53. The summed E-state index contributed by atoms with van der Waals surface area (Å²) in [5.74, 6) is 1.77. The lowest BCUT2D eigenvalue weighted by Gasteiger charge is -2.19. The number of benzene rings is 1. The van der Waals surface area contributed by atoms with Crippen LogP contribution in [0, 0.1) is 5.92 Å². The summed E-state index contributed by atoms with van der Waals surface area (Å²) in [5.41, 5.74) is 2.75. The Morgan fingerprint density at radius 3 is 2.87 bits per heavy atom. The number of hydrogen-bond acceptors (Lipinski definition) is 4. The van der Waals surface area contributed by atoms with E-state index in [0.717, 1.165) is 23.0 Å². The maximum absolute atomic E-state index is 4.56. The molecule has 3 nitrogen and oxygen atoms in total. The minimum absolute atomic E-state index is 0.229. The van der Waals surface area contributed by atoms with Gasteiger partial charge in [-0.3, -0.25) is 0 Å². The molecule has 23 heavy (non-hydrogen) atoms. The molecular formula is C19H21N3S. The van der Waals surface area contributed by atoms with Crippen molar-refractivity contribution in [1.82, 2.24) is 9.97 Å². The highest BCUT2D eigenvalue weighted by atomic mass is 32.1. The molecule has 4 heteroatoms. The van der Waals surface area contributed by atoms with Gasteiger partial charge in [-0.15, -0.1) is 11.3 Å². The van der Waals surface area contributed by atoms with Crippen LogP contribution in [-0.2, 0) is 12.8 Å². The molecule has 0 bridgehead atoms. The van der Waals surface area contributed by atoms with Gasteiger partial charge in [0.1, 0.15) is 17.0 Å². The van der Waals surface area contributed by atoms with Gasteiger partial charge < -0.3 is 5.32 Å². The van der Waals surface area contributed by atoms with Gasteiger partial charge in [-0.2, -0.15) is 0 Å². The smallest absolute Gasteiger partial charge is 0.138 e. The zero-order chi connectivity index (χ0) is 15.8. The molecule has 0 fully saturated rings. The van der Waals surface area contributed by atoms with Crippen LogP contribution in [0.1, 0.15) is 42.3 Å². The van der Waals surface area contributed by atoms with E-state index in [9.17, 15) is 0 Å². The van der Waals surface area contributed by atoms with Gasteiger partial charge in [0.25, 0.3) is 0 Å². The van der Waals surface area contributed by atoms with E-state index in [2.05, 4.69) is 59.5 Å². The van der Waals surface area contributed by atoms with Crippen LogP contribution in [0.2, 0.25) is 0 Å². The summed E-state index contributed by atoms with van der Waals surface area (Å²) >= 11 is 1.85. The third-order valence-corrected chi connectivity index (χ3v) is 5.91. The Kier molecular flexibility index (Phi) is 3.77. The van der Waals surface area contributed by atoms with Crippen LogP contribution in [0.5, 0.6) is 0 Å². The highest BCUT2D eigenvalue weighted by molar-refractivity contribution is 7.19. The number of aromatic nitrogens is 2. The number of fused-ring (bicyclic) bond motifs is 3. The minimum Gasteiger partial charge on any atom is -0.363 e. The minimum atomic E-state index is 0.229. The first-order chi connectivity index (χ1) is 11.2. The van der Waals surface area contributed by atoms with Crippen LogP contribution in [0.25, 0.3) is 10.2 Å². The van der Waals surface area contributed by atoms with Gasteiger partial charge in [0.05, 0.1) is 5.39 Å². The molecule has 0 spiro atoms. The second-order valence-corrected chi connectivity index (χ2v) is 7.61. The van der Waals surface area contributed by atoms with Crippen molar-refractivity contribution in [3.63, 3.8) is 0 Å². The number of nitrogens with one attached hydrogen (secondary N) is 1. The summed E-state index contributed by atoms with van der Waals surface area (Å²) in [5, 5.41) is 4.86. The summed E-state index contributed by atoms with van der Waals surface area (Å²) in [6.07, 6.45) is 5.29. The molecule has 0 saturated heterocycles. The van der Waals surface area contributed by atoms with E-state index in [0.29, 0.717) is 0 Å². The highest BCUT2D eigenvalue weighted by Gasteiger charge is 2.23. The molecule has 0 saturated carbocycles. The molecule has 1 aliphatic rings. The second-order valence-electron chi connectivity index (χ2n) is 6.53. The molecule has 118 valence electrons. The van der Waals surface area contributed by atoms with Gasteiger partial charge in [0, 0.05) is 10.9 Å². The summed E-state index contributed by atoms with van der Waals surface area (Å²) < 4.78 is 0. The molecule has 1 N–H and O–H groups in total. The fraction of sp³-hybridized carbons (Fsp3) is 0.368. The van der Waals surface area contributed by atoms with Crippen molar-refractivity contribution >= 4 is 27.4 Å². The van der Waals surface area contributed by atoms with E-state index in [1.165, 1.54) is 34.2 Å². The largest absolute Gasteiger partial charge is 0.363 e. The average molecular weight is 323 g/mol. The topological polar surface area (TPSA) is 37.8 Å². The molecule has 4 rings (SSSR count). The van der Waals surface area contributed by atoms with Crippen molar-refractivity contribution in [2.45, 2.75) is 39.2 Å². The van der Waals surface area contributed by atoms with Gasteiger partial charge in [-0.1, -0.05) is 37.3 Å². The van der Waals surface area contributed by atoms with Crippen molar-refractivity contribution in [3.05, 3.63) is 52.7 Å². The van der Waals surface area contributed by atoms with Gasteiger partial charge in [0.2, 0.25) is 0 Å². The van der Waals surface area contributed by atoms with E-state index in [1.807, 2.05) is 11.3 Å². The maximum atomic E-state index is 4.56. The van der Waals surface area contributed by atoms with Crippen LogP contribution in [0.3, 0.4) is 0 Å². The molecule has 0 amide bonds. The van der Waals surface area contributed by atoms with Gasteiger partial charge in [-0.05, 0) is 43.2 Å². The van der Waals surface area contributed by atoms with Crippen LogP contribution in [0.15, 0.2) is 36.7 Å². The molecule has 0 unspecified atom stereocenters. The Labute approximate surface area is 140 Å². The monoisotopic (exact) mass is 323 g/mol. The SMILES string of the molecule is C[C@@H]1CCc2c(sc3ncnc(N[C@H](C)c4ccccc4)c23)C1. The number of nitrogens with zero attached hydrogens (tertiary/aromatic N) is 2. The third kappa shape index (κ3) is 2.72. The van der Waals surface area contributed by atoms with Gasteiger partial charge >= 0.3 is 0 Å². The predicted octanol–water partition coefficient (Wildman–Crippen LogP) is 4.99. The maximum Gasteiger partial charge on any atom is 0.138 e. The van der Waals surface area contributed by atoms with Crippen molar-refractivity contribution in [1.29, 1.82) is 0 Å². The quantitative estimate of drug-likeness (QED) is 0.738. The second kappa shape index (κ2) is 5.93. The molecular weight excluding hydrogens is 302 g/mol. The number of hydrogen-bond donors (Lipinski definition) is 1. The molecule has 1 aliphatic carbocycles. The summed E-state index contributed by atoms with van der Waals surface area (Å²) in [4.78, 5) is 11.7. The Morgan fingerprint density at radius 2 is 2.04 bits per heavy atom. The van der Waals surface area contributed by atoms with Crippen LogP contribution < -0.4 is 5.32 Å². The Balaban J connectivity index is 1.73. The van der Waals surface area contributed by atoms with Crippen molar-refractivity contribution in [2.24, 2.45) is 5.92 Å². The normalized spacial score (nSPS) is 18.6. The van der Waals surface area contributed by atoms with Crippen LogP contribution in [-0.4, -0.2) is 9.97 Å². The molecule has 1 aromatic carbocycles. The molecule has 0 radical (unpaired) electrons. The van der Waals surface area contributed by atoms with Crippen molar-refractivity contribution < 1.29 is 0 Å². The number of aryl methyl sites for hydroxylation is 1. The average Bonchev–Trinajstić information content (AvgIpc) is 2.94. The first-order valence-corrected chi connectivity index (χ1v) is 9.10. The van der Waals surface area contributed by atoms with E-state index >= 15 is 0 Å². The number of anilines is 1. The van der Waals surface area contributed by atoms with Crippen LogP contribution in [0.4, 0.5) is 5.82 Å². The standard InChI is InChI=1S/C19H21N3S/c1-12-8-9-15-16(10-12)23-19-17(15)18(20-11-21-19)22-13(2)14-6-4-3-5-7-14/h3-7,11-13H,8-10H2,1-2H3,(H,20,21,22)/t12-,13-/m1/s1. The summed E-state index contributed by atoms with van der Waals surface area (Å²) in [6, 6.07) is 10.7. The first-order valence-electron chi connectivity index (χ1n) is 8.29. The Bertz CT molecular complexity index is 825. The molecule has 0 aliphatic heterocycles. The fourth-order valence-electron chi connectivity index (χ4n) is 3.41. The van der Waals surface area contributed by atoms with E-state index in [1.54, 1.807) is 6.33 Å². The first kappa shape index (κ1) is 14.6. The Hall–Kier alpha value is -1.94. The van der Waals surface area contributed by atoms with Crippen molar-refractivity contribution in [2.75, 3.05) is 5.32 Å². The number of thiophene rings is 1. The lowest BCUT2D eigenvalue weighted by atomic mass is 9.89. The van der Waals surface area contributed by atoms with Crippen molar-refractivity contribution in [3.8, 4) is 0 Å². The zero-order valence-electron chi connectivity index (χ0n) is 13.5. The highest BCUT2D eigenvalue weighted by Crippen LogP contribution is 2.40. The molecule has 2 aromatic heterocycles. The van der Waals surface area contributed by atoms with E-state index in [-0.39, 0.29) is 6.04 Å². The summed E-state index contributed by atoms with van der Waals surface area (Å²) in [7, 11) is 0. The zero-order valence-corrected chi connectivity index (χ0v) is 14.4.